The first-order valence-electron chi connectivity index (χ1n) is 6.63. The molecule has 104 valence electrons. The van der Waals surface area contributed by atoms with E-state index in [9.17, 15) is 4.79 Å². The Balaban J connectivity index is 2.99. The van der Waals surface area contributed by atoms with Crippen LogP contribution in [0.4, 0.5) is 0 Å². The lowest BCUT2D eigenvalue weighted by atomic mass is 9.80. The summed E-state index contributed by atoms with van der Waals surface area (Å²) in [6.07, 6.45) is 1.37. The molecule has 1 rings (SSSR count). The van der Waals surface area contributed by atoms with E-state index < -0.39 is 5.41 Å². The molecule has 0 radical (unpaired) electrons. The molecule has 2 unspecified atom stereocenters. The smallest absolute Gasteiger partial charge is 0.235 e. The van der Waals surface area contributed by atoms with Crippen LogP contribution in [0.5, 0.6) is 0 Å². The highest BCUT2D eigenvalue weighted by molar-refractivity contribution is 8.00. The van der Waals surface area contributed by atoms with E-state index in [2.05, 4.69) is 13.8 Å². The lowest BCUT2D eigenvalue weighted by molar-refractivity contribution is -0.140. The molecule has 1 fully saturated rings. The maximum absolute atomic E-state index is 12.8. The van der Waals surface area contributed by atoms with Crippen molar-refractivity contribution < 1.29 is 4.79 Å². The van der Waals surface area contributed by atoms with E-state index in [-0.39, 0.29) is 11.9 Å². The van der Waals surface area contributed by atoms with E-state index in [1.54, 1.807) is 0 Å². The average molecular weight is 288 g/mol. The molecule has 0 aromatic heterocycles. The summed E-state index contributed by atoms with van der Waals surface area (Å²) in [6, 6.07) is 0.253. The minimum Gasteiger partial charge on any atom is -0.392 e. The largest absolute Gasteiger partial charge is 0.392 e. The molecule has 5 heteroatoms. The van der Waals surface area contributed by atoms with E-state index >= 15 is 0 Å². The third-order valence-corrected chi connectivity index (χ3v) is 5.96. The summed E-state index contributed by atoms with van der Waals surface area (Å²) in [5.41, 5.74) is 5.21. The van der Waals surface area contributed by atoms with Gasteiger partial charge in [0.25, 0.3) is 0 Å². The van der Waals surface area contributed by atoms with Gasteiger partial charge in [-0.1, -0.05) is 33.0 Å². The van der Waals surface area contributed by atoms with Crippen LogP contribution in [-0.2, 0) is 4.79 Å². The van der Waals surface area contributed by atoms with Crippen molar-refractivity contribution in [3.8, 4) is 0 Å². The molecule has 2 atom stereocenters. The second-order valence-electron chi connectivity index (χ2n) is 4.97. The third kappa shape index (κ3) is 2.67. The Morgan fingerprint density at radius 2 is 2.00 bits per heavy atom. The normalized spacial score (nSPS) is 25.0. The Morgan fingerprint density at radius 1 is 1.44 bits per heavy atom. The molecule has 0 aliphatic carbocycles. The van der Waals surface area contributed by atoms with Gasteiger partial charge in [-0.05, 0) is 19.8 Å². The van der Waals surface area contributed by atoms with Gasteiger partial charge in [-0.2, -0.15) is 11.8 Å². The first kappa shape index (κ1) is 15.8. The van der Waals surface area contributed by atoms with Crippen molar-refractivity contribution in [2.75, 3.05) is 12.3 Å². The molecule has 1 aliphatic rings. The van der Waals surface area contributed by atoms with Crippen LogP contribution < -0.4 is 5.73 Å². The Labute approximate surface area is 120 Å². The first-order valence-corrected chi connectivity index (χ1v) is 8.09. The summed E-state index contributed by atoms with van der Waals surface area (Å²) in [6.45, 7) is 9.08. The van der Waals surface area contributed by atoms with Gasteiger partial charge in [0.05, 0.1) is 10.4 Å². The van der Waals surface area contributed by atoms with Crippen molar-refractivity contribution in [1.82, 2.24) is 4.90 Å². The number of amides is 1. The number of carbonyl (C=O) groups excluding carboxylic acids is 1. The van der Waals surface area contributed by atoms with Crippen molar-refractivity contribution in [2.45, 2.75) is 51.8 Å². The Kier molecular flexibility index (Phi) is 5.46. The van der Waals surface area contributed by atoms with Crippen molar-refractivity contribution >= 4 is 34.9 Å². The fraction of sp³-hybridized carbons (Fsp3) is 0.846. The van der Waals surface area contributed by atoms with Crippen molar-refractivity contribution in [2.24, 2.45) is 11.1 Å². The summed E-state index contributed by atoms with van der Waals surface area (Å²) in [4.78, 5) is 15.2. The zero-order valence-corrected chi connectivity index (χ0v) is 13.4. The van der Waals surface area contributed by atoms with E-state index in [0.717, 1.165) is 12.3 Å². The topological polar surface area (TPSA) is 46.3 Å². The number of hydrogen-bond acceptors (Lipinski definition) is 3. The SMILES string of the molecule is CCC(CC)(C(=O)N1CCSC(C)C1C)C(N)=S. The monoisotopic (exact) mass is 288 g/mol. The van der Waals surface area contributed by atoms with Crippen molar-refractivity contribution in [3.63, 3.8) is 0 Å². The van der Waals surface area contributed by atoms with Gasteiger partial charge in [-0.25, -0.2) is 0 Å². The molecule has 3 nitrogen and oxygen atoms in total. The zero-order valence-electron chi connectivity index (χ0n) is 11.7. The quantitative estimate of drug-likeness (QED) is 0.807. The summed E-state index contributed by atoms with van der Waals surface area (Å²) in [5.74, 6) is 1.12. The highest BCUT2D eigenvalue weighted by atomic mass is 32.2. The average Bonchev–Trinajstić information content (AvgIpc) is 2.34. The summed E-state index contributed by atoms with van der Waals surface area (Å²) >= 11 is 7.09. The van der Waals surface area contributed by atoms with Crippen LogP contribution in [0.15, 0.2) is 0 Å². The fourth-order valence-electron chi connectivity index (χ4n) is 2.50. The van der Waals surface area contributed by atoms with Gasteiger partial charge in [0.1, 0.15) is 0 Å². The van der Waals surface area contributed by atoms with Crippen LogP contribution in [0.1, 0.15) is 40.5 Å². The number of rotatable bonds is 4. The number of thioether (sulfide) groups is 1. The Bertz CT molecular complexity index is 329. The first-order chi connectivity index (χ1) is 8.40. The van der Waals surface area contributed by atoms with Crippen LogP contribution in [0.3, 0.4) is 0 Å². The Hall–Kier alpha value is -0.290. The molecule has 0 aromatic carbocycles. The van der Waals surface area contributed by atoms with Gasteiger partial charge >= 0.3 is 0 Å². The van der Waals surface area contributed by atoms with Gasteiger partial charge in [0.2, 0.25) is 5.91 Å². The number of hydrogen-bond donors (Lipinski definition) is 1. The van der Waals surface area contributed by atoms with Gasteiger partial charge in [-0.15, -0.1) is 0 Å². The summed E-state index contributed by atoms with van der Waals surface area (Å²) < 4.78 is 0. The van der Waals surface area contributed by atoms with Crippen LogP contribution in [-0.4, -0.2) is 39.4 Å². The van der Waals surface area contributed by atoms with E-state index in [1.165, 1.54) is 0 Å². The summed E-state index contributed by atoms with van der Waals surface area (Å²) in [5, 5.41) is 0.473. The molecule has 18 heavy (non-hydrogen) atoms. The molecule has 0 bridgehead atoms. The number of nitrogens with two attached hydrogens (primary N) is 1. The molecule has 0 aromatic rings. The highest BCUT2D eigenvalue weighted by Gasteiger charge is 2.43. The number of thiocarbonyl (C=S) groups is 1. The molecule has 1 amide bonds. The van der Waals surface area contributed by atoms with Crippen molar-refractivity contribution in [1.29, 1.82) is 0 Å². The Morgan fingerprint density at radius 3 is 2.44 bits per heavy atom. The molecule has 0 spiro atoms. The molecule has 1 heterocycles. The molecule has 1 saturated heterocycles. The van der Waals surface area contributed by atoms with E-state index in [0.29, 0.717) is 23.1 Å². The second kappa shape index (κ2) is 6.24. The zero-order chi connectivity index (χ0) is 13.9. The standard InChI is InChI=1S/C13H24N2OS2/c1-5-13(6-2,11(14)17)12(16)15-7-8-18-10(4)9(15)3/h9-10H,5-8H2,1-4H3,(H2,14,17). The maximum atomic E-state index is 12.8. The van der Waals surface area contributed by atoms with Gasteiger partial charge in [0.15, 0.2) is 0 Å². The molecule has 2 N–H and O–H groups in total. The van der Waals surface area contributed by atoms with Gasteiger partial charge in [0, 0.05) is 23.6 Å². The minimum atomic E-state index is -0.648. The molecule has 0 saturated carbocycles. The van der Waals surface area contributed by atoms with E-state index in [1.807, 2.05) is 30.5 Å². The van der Waals surface area contributed by atoms with E-state index in [4.69, 9.17) is 18.0 Å². The number of nitrogens with zero attached hydrogens (tertiary/aromatic N) is 1. The van der Waals surface area contributed by atoms with Crippen LogP contribution >= 0.6 is 24.0 Å². The van der Waals surface area contributed by atoms with Gasteiger partial charge < -0.3 is 10.6 Å². The van der Waals surface area contributed by atoms with Crippen molar-refractivity contribution in [3.05, 3.63) is 0 Å². The lowest BCUT2D eigenvalue weighted by Gasteiger charge is -2.43. The molecular formula is C13H24N2OS2. The predicted molar refractivity (Wildman–Crippen MR) is 82.9 cm³/mol. The van der Waals surface area contributed by atoms with Crippen LogP contribution in [0.2, 0.25) is 0 Å². The predicted octanol–water partition coefficient (Wildman–Crippen LogP) is 2.43. The fourth-order valence-corrected chi connectivity index (χ4v) is 3.98. The molecular weight excluding hydrogens is 264 g/mol. The maximum Gasteiger partial charge on any atom is 0.235 e. The highest BCUT2D eigenvalue weighted by Crippen LogP contribution is 2.33. The lowest BCUT2D eigenvalue weighted by Crippen LogP contribution is -2.56. The number of carbonyl (C=O) groups is 1. The second-order valence-corrected chi connectivity index (χ2v) is 6.89. The van der Waals surface area contributed by atoms with Gasteiger partial charge in [-0.3, -0.25) is 4.79 Å². The minimum absolute atomic E-state index is 0.125. The van der Waals surface area contributed by atoms with Crippen LogP contribution in [0.25, 0.3) is 0 Å². The molecule has 1 aliphatic heterocycles. The van der Waals surface area contributed by atoms with Crippen LogP contribution in [0, 0.1) is 5.41 Å². The summed E-state index contributed by atoms with van der Waals surface area (Å²) in [7, 11) is 0. The third-order valence-electron chi connectivity index (χ3n) is 4.23.